The maximum absolute atomic E-state index is 6.74. The predicted molar refractivity (Wildman–Crippen MR) is 167 cm³/mol. The van der Waals surface area contributed by atoms with Crippen molar-refractivity contribution in [2.24, 2.45) is 5.92 Å². The van der Waals surface area contributed by atoms with Crippen LogP contribution in [0.1, 0.15) is 31.2 Å². The van der Waals surface area contributed by atoms with Crippen LogP contribution in [-0.2, 0) is 0 Å². The van der Waals surface area contributed by atoms with Gasteiger partial charge in [0.15, 0.2) is 7.26 Å². The summed E-state index contributed by atoms with van der Waals surface area (Å²) in [5.41, 5.74) is 2.18. The SMILES string of the molecule is CC1CCN(c2oc(C=Cc3ccccc3)nc2[P+](c2ccccc2)(c2ccccc2)c2ccccc2)CC1. The molecule has 0 unspecified atom stereocenters. The minimum absolute atomic E-state index is 0.648. The molecule has 194 valence electrons. The molecule has 0 aliphatic carbocycles. The summed E-state index contributed by atoms with van der Waals surface area (Å²) in [5, 5.41) is 3.84. The normalized spacial score (nSPS) is 14.6. The number of anilines is 1. The molecule has 1 aliphatic heterocycles. The maximum Gasteiger partial charge on any atom is 0.262 e. The number of aromatic nitrogens is 1. The van der Waals surface area contributed by atoms with E-state index in [-0.39, 0.29) is 0 Å². The fourth-order valence-electron chi connectivity index (χ4n) is 5.53. The molecule has 3 nitrogen and oxygen atoms in total. The van der Waals surface area contributed by atoms with E-state index >= 15 is 0 Å². The monoisotopic (exact) mass is 529 g/mol. The Labute approximate surface area is 232 Å². The molecule has 4 aromatic carbocycles. The quantitative estimate of drug-likeness (QED) is 0.220. The first-order chi connectivity index (χ1) is 19.2. The molecule has 0 atom stereocenters. The van der Waals surface area contributed by atoms with E-state index in [0.29, 0.717) is 5.89 Å². The van der Waals surface area contributed by atoms with Crippen LogP contribution in [0.15, 0.2) is 126 Å². The molecule has 0 bridgehead atoms. The molecule has 5 aromatic rings. The van der Waals surface area contributed by atoms with Crippen molar-refractivity contribution < 1.29 is 4.42 Å². The van der Waals surface area contributed by atoms with E-state index in [1.807, 2.05) is 12.1 Å². The summed E-state index contributed by atoms with van der Waals surface area (Å²) in [6, 6.07) is 43.1. The Balaban J connectivity index is 1.62. The standard InChI is InChI=1S/C35H34N2OP/c1-28-24-26-37(27-25-28)35-34(36-33(38-35)23-22-29-14-6-2-7-15-29)39(30-16-8-3-9-17-30,31-18-10-4-11-19-31)32-20-12-5-13-21-32/h2-23,28H,24-27H2,1H3/q+1. The highest BCUT2D eigenvalue weighted by Crippen LogP contribution is 2.56. The van der Waals surface area contributed by atoms with Crippen molar-refractivity contribution >= 4 is 46.6 Å². The molecule has 1 saturated heterocycles. The van der Waals surface area contributed by atoms with Gasteiger partial charge in [-0.2, -0.15) is 4.98 Å². The first-order valence-corrected chi connectivity index (χ1v) is 15.6. The molecule has 0 N–H and O–H groups in total. The van der Waals surface area contributed by atoms with Crippen molar-refractivity contribution in [1.29, 1.82) is 0 Å². The summed E-state index contributed by atoms with van der Waals surface area (Å²) in [7, 11) is -2.38. The third kappa shape index (κ3) is 5.07. The van der Waals surface area contributed by atoms with E-state index in [1.165, 1.54) is 15.9 Å². The molecule has 39 heavy (non-hydrogen) atoms. The molecule has 1 fully saturated rings. The zero-order valence-corrected chi connectivity index (χ0v) is 23.3. The molecular weight excluding hydrogens is 495 g/mol. The highest BCUT2D eigenvalue weighted by Gasteiger charge is 2.53. The fraction of sp³-hybridized carbons (Fsp3) is 0.171. The lowest BCUT2D eigenvalue weighted by Crippen LogP contribution is -2.43. The lowest BCUT2D eigenvalue weighted by atomic mass is 9.99. The average Bonchev–Trinajstić information content (AvgIpc) is 3.43. The van der Waals surface area contributed by atoms with Crippen molar-refractivity contribution in [3.8, 4) is 0 Å². The first-order valence-electron chi connectivity index (χ1n) is 13.8. The van der Waals surface area contributed by atoms with E-state index in [9.17, 15) is 0 Å². The van der Waals surface area contributed by atoms with Crippen LogP contribution < -0.4 is 26.2 Å². The molecule has 2 heterocycles. The number of piperidine rings is 1. The van der Waals surface area contributed by atoms with E-state index < -0.39 is 7.26 Å². The Morgan fingerprint density at radius 1 is 0.667 bits per heavy atom. The van der Waals surface area contributed by atoms with Crippen molar-refractivity contribution in [2.45, 2.75) is 19.8 Å². The summed E-state index contributed by atoms with van der Waals surface area (Å²) in [6.45, 7) is 4.30. The molecule has 0 spiro atoms. The largest absolute Gasteiger partial charge is 0.417 e. The highest BCUT2D eigenvalue weighted by molar-refractivity contribution is 8.01. The smallest absolute Gasteiger partial charge is 0.262 e. The Hall–Kier alpha value is -3.94. The molecule has 0 amide bonds. The van der Waals surface area contributed by atoms with Gasteiger partial charge in [-0.25, -0.2) is 0 Å². The van der Waals surface area contributed by atoms with Gasteiger partial charge in [0.1, 0.15) is 15.9 Å². The maximum atomic E-state index is 6.74. The second-order valence-corrected chi connectivity index (χ2v) is 13.6. The van der Waals surface area contributed by atoms with Gasteiger partial charge in [0.05, 0.1) is 0 Å². The van der Waals surface area contributed by atoms with Gasteiger partial charge in [-0.1, -0.05) is 91.9 Å². The van der Waals surface area contributed by atoms with Crippen LogP contribution >= 0.6 is 7.26 Å². The zero-order chi connectivity index (χ0) is 26.5. The number of hydrogen-bond acceptors (Lipinski definition) is 3. The van der Waals surface area contributed by atoms with Gasteiger partial charge in [0.2, 0.25) is 5.89 Å². The van der Waals surface area contributed by atoms with E-state index in [4.69, 9.17) is 9.40 Å². The van der Waals surface area contributed by atoms with Crippen LogP contribution in [0.5, 0.6) is 0 Å². The Morgan fingerprint density at radius 2 is 1.13 bits per heavy atom. The molecule has 0 radical (unpaired) electrons. The van der Waals surface area contributed by atoms with Crippen LogP contribution in [0.3, 0.4) is 0 Å². The van der Waals surface area contributed by atoms with Gasteiger partial charge < -0.3 is 9.32 Å². The van der Waals surface area contributed by atoms with Gasteiger partial charge in [-0.3, -0.25) is 0 Å². The van der Waals surface area contributed by atoms with E-state index in [2.05, 4.69) is 133 Å². The summed E-state index contributed by atoms with van der Waals surface area (Å²) in [5.74, 6) is 2.29. The molecule has 1 aromatic heterocycles. The number of benzene rings is 4. The van der Waals surface area contributed by atoms with Crippen LogP contribution in [0.25, 0.3) is 12.2 Å². The summed E-state index contributed by atoms with van der Waals surface area (Å²) in [4.78, 5) is 7.81. The predicted octanol–water partition coefficient (Wildman–Crippen LogP) is 6.70. The van der Waals surface area contributed by atoms with Gasteiger partial charge in [0, 0.05) is 19.2 Å². The zero-order valence-electron chi connectivity index (χ0n) is 22.4. The lowest BCUT2D eigenvalue weighted by Gasteiger charge is -2.32. The Kier molecular flexibility index (Phi) is 7.43. The second kappa shape index (κ2) is 11.4. The van der Waals surface area contributed by atoms with Gasteiger partial charge >= 0.3 is 0 Å². The second-order valence-electron chi connectivity index (χ2n) is 10.3. The van der Waals surface area contributed by atoms with Crippen LogP contribution in [0.4, 0.5) is 5.88 Å². The number of hydrogen-bond donors (Lipinski definition) is 0. The Morgan fingerprint density at radius 3 is 1.62 bits per heavy atom. The lowest BCUT2D eigenvalue weighted by molar-refractivity contribution is 0.416. The minimum atomic E-state index is -2.38. The van der Waals surface area contributed by atoms with Crippen molar-refractivity contribution in [1.82, 2.24) is 4.98 Å². The fourth-order valence-corrected chi connectivity index (χ4v) is 9.74. The molecule has 0 saturated carbocycles. The molecule has 1 aliphatic rings. The minimum Gasteiger partial charge on any atom is -0.417 e. The van der Waals surface area contributed by atoms with Crippen LogP contribution in [0.2, 0.25) is 0 Å². The third-order valence-corrected chi connectivity index (χ3v) is 11.8. The summed E-state index contributed by atoms with van der Waals surface area (Å²) < 4.78 is 6.74. The topological polar surface area (TPSA) is 29.3 Å². The van der Waals surface area contributed by atoms with Crippen LogP contribution in [-0.4, -0.2) is 18.1 Å². The first kappa shape index (κ1) is 25.3. The molecule has 6 rings (SSSR count). The van der Waals surface area contributed by atoms with Crippen molar-refractivity contribution in [3.05, 3.63) is 133 Å². The number of oxazole rings is 1. The highest BCUT2D eigenvalue weighted by atomic mass is 31.2. The third-order valence-electron chi connectivity index (χ3n) is 7.65. The van der Waals surface area contributed by atoms with Crippen LogP contribution in [0, 0.1) is 5.92 Å². The number of rotatable bonds is 7. The summed E-state index contributed by atoms with van der Waals surface area (Å²) >= 11 is 0. The molecular formula is C35H34N2OP+. The van der Waals surface area contributed by atoms with Crippen molar-refractivity contribution in [3.63, 3.8) is 0 Å². The van der Waals surface area contributed by atoms with Gasteiger partial charge in [0.25, 0.3) is 11.3 Å². The summed E-state index contributed by atoms with van der Waals surface area (Å²) in [6.07, 6.45) is 6.42. The number of nitrogens with zero attached hydrogens (tertiary/aromatic N) is 2. The van der Waals surface area contributed by atoms with Gasteiger partial charge in [-0.05, 0) is 66.8 Å². The van der Waals surface area contributed by atoms with Crippen molar-refractivity contribution in [2.75, 3.05) is 18.0 Å². The Bertz CT molecular complexity index is 1410. The molecule has 4 heteroatoms. The van der Waals surface area contributed by atoms with Gasteiger partial charge in [-0.15, -0.1) is 0 Å². The average molecular weight is 530 g/mol. The van der Waals surface area contributed by atoms with E-state index in [1.54, 1.807) is 0 Å². The van der Waals surface area contributed by atoms with E-state index in [0.717, 1.165) is 48.7 Å².